The van der Waals surface area contributed by atoms with Crippen LogP contribution in [0.25, 0.3) is 17.0 Å². The molecule has 2 fully saturated rings. The number of halogens is 5. The topological polar surface area (TPSA) is 78.7 Å². The van der Waals surface area contributed by atoms with Crippen LogP contribution < -0.4 is 0 Å². The van der Waals surface area contributed by atoms with Crippen LogP contribution >= 0.6 is 23.4 Å². The van der Waals surface area contributed by atoms with Crippen molar-refractivity contribution in [1.82, 2.24) is 19.6 Å². The molecule has 2 aromatic carbocycles. The summed E-state index contributed by atoms with van der Waals surface area (Å²) in [5.74, 6) is -0.567. The Morgan fingerprint density at radius 2 is 1.88 bits per heavy atom. The fourth-order valence-electron chi connectivity index (χ4n) is 4.98. The third-order valence-electron chi connectivity index (χ3n) is 7.14. The van der Waals surface area contributed by atoms with Crippen LogP contribution in [0.2, 0.25) is 5.02 Å². The van der Waals surface area contributed by atoms with E-state index in [1.165, 1.54) is 29.1 Å². The third kappa shape index (κ3) is 6.04. The number of alkyl halides is 4. The minimum absolute atomic E-state index is 0.0128. The van der Waals surface area contributed by atoms with E-state index >= 15 is 4.39 Å². The number of aliphatic hydroxyl groups excluding tert-OH is 1. The molecule has 2 aliphatic rings. The lowest BCUT2D eigenvalue weighted by Crippen LogP contribution is -2.49. The highest BCUT2D eigenvalue weighted by atomic mass is 35.5. The number of thioether (sulfide) groups is 1. The SMILES string of the molecule is O=C1S/C(=C\c2ccc3c(cnn3Cc3ccc(Cl)cc3C(F)(F)F)c2)C(=O)N1CC1(F)CCN(CCO)CC1. The number of rotatable bonds is 7. The van der Waals surface area contributed by atoms with Gasteiger partial charge in [-0.2, -0.15) is 18.3 Å². The Balaban J connectivity index is 1.31. The van der Waals surface area contributed by atoms with E-state index in [2.05, 4.69) is 5.10 Å². The van der Waals surface area contributed by atoms with E-state index in [4.69, 9.17) is 16.7 Å². The lowest BCUT2D eigenvalue weighted by atomic mass is 9.92. The summed E-state index contributed by atoms with van der Waals surface area (Å²) in [5, 5.41) is 13.4. The molecule has 1 aromatic heterocycles. The van der Waals surface area contributed by atoms with Crippen LogP contribution in [0.15, 0.2) is 47.5 Å². The van der Waals surface area contributed by atoms with Crippen LogP contribution in [0, 0.1) is 0 Å². The van der Waals surface area contributed by atoms with E-state index < -0.39 is 28.6 Å². The number of β-amino-alcohol motifs (C(OH)–C–C–N with tert-alkyl or cyclic N) is 1. The Morgan fingerprint density at radius 1 is 1.12 bits per heavy atom. The maximum Gasteiger partial charge on any atom is 0.416 e. The van der Waals surface area contributed by atoms with Gasteiger partial charge >= 0.3 is 6.18 Å². The zero-order valence-corrected chi connectivity index (χ0v) is 22.7. The molecular weight excluding hydrogens is 572 g/mol. The average Bonchev–Trinajstić information content (AvgIpc) is 3.41. The minimum Gasteiger partial charge on any atom is -0.395 e. The number of likely N-dealkylation sites (tertiary alicyclic amines) is 1. The highest BCUT2D eigenvalue weighted by Crippen LogP contribution is 2.37. The number of amides is 2. The Morgan fingerprint density at radius 3 is 2.58 bits per heavy atom. The molecule has 3 heterocycles. The number of hydrogen-bond donors (Lipinski definition) is 1. The van der Waals surface area contributed by atoms with Crippen molar-refractivity contribution in [2.45, 2.75) is 31.2 Å². The Labute approximate surface area is 236 Å². The van der Waals surface area contributed by atoms with Crippen LogP contribution in [-0.2, 0) is 17.5 Å². The van der Waals surface area contributed by atoms with Crippen molar-refractivity contribution >= 4 is 51.5 Å². The molecule has 212 valence electrons. The molecule has 2 saturated heterocycles. The Bertz CT molecular complexity index is 1480. The molecule has 0 aliphatic carbocycles. The molecule has 0 unspecified atom stereocenters. The molecular formula is C27H25ClF4N4O3S. The number of piperidine rings is 1. The van der Waals surface area contributed by atoms with Gasteiger partial charge in [0.15, 0.2) is 0 Å². The summed E-state index contributed by atoms with van der Waals surface area (Å²) in [6.45, 7) is 0.869. The molecule has 3 aromatic rings. The van der Waals surface area contributed by atoms with E-state index in [0.717, 1.165) is 22.7 Å². The number of benzene rings is 2. The van der Waals surface area contributed by atoms with Crippen molar-refractivity contribution < 1.29 is 32.3 Å². The van der Waals surface area contributed by atoms with Gasteiger partial charge in [0.05, 0.1) is 41.9 Å². The van der Waals surface area contributed by atoms with Crippen molar-refractivity contribution in [3.63, 3.8) is 0 Å². The second kappa shape index (κ2) is 11.2. The predicted molar refractivity (Wildman–Crippen MR) is 145 cm³/mol. The van der Waals surface area contributed by atoms with Gasteiger partial charge < -0.3 is 10.0 Å². The van der Waals surface area contributed by atoms with E-state index in [-0.39, 0.29) is 48.0 Å². The van der Waals surface area contributed by atoms with Crippen molar-refractivity contribution in [3.05, 3.63) is 69.2 Å². The van der Waals surface area contributed by atoms with Crippen LogP contribution in [0.1, 0.15) is 29.5 Å². The summed E-state index contributed by atoms with van der Waals surface area (Å²) in [5.41, 5.74) is -1.32. The highest BCUT2D eigenvalue weighted by molar-refractivity contribution is 8.18. The van der Waals surface area contributed by atoms with E-state index in [0.29, 0.717) is 36.1 Å². The molecule has 5 rings (SSSR count). The first kappa shape index (κ1) is 28.6. The van der Waals surface area contributed by atoms with Crippen LogP contribution in [-0.4, -0.2) is 74.3 Å². The van der Waals surface area contributed by atoms with E-state index in [9.17, 15) is 22.8 Å². The van der Waals surface area contributed by atoms with Gasteiger partial charge in [0.25, 0.3) is 11.1 Å². The smallest absolute Gasteiger partial charge is 0.395 e. The Kier molecular flexibility index (Phi) is 7.97. The third-order valence-corrected chi connectivity index (χ3v) is 8.29. The summed E-state index contributed by atoms with van der Waals surface area (Å²) in [7, 11) is 0. The van der Waals surface area contributed by atoms with Crippen LogP contribution in [0.3, 0.4) is 0 Å². The molecule has 0 bridgehead atoms. The number of fused-ring (bicyclic) bond motifs is 1. The zero-order chi connectivity index (χ0) is 28.7. The first-order valence-corrected chi connectivity index (χ1v) is 13.7. The number of imide groups is 1. The fourth-order valence-corrected chi connectivity index (χ4v) is 5.99. The van der Waals surface area contributed by atoms with Gasteiger partial charge in [-0.15, -0.1) is 0 Å². The molecule has 0 radical (unpaired) electrons. The minimum atomic E-state index is -4.57. The van der Waals surface area contributed by atoms with Gasteiger partial charge in [-0.1, -0.05) is 23.7 Å². The van der Waals surface area contributed by atoms with Crippen molar-refractivity contribution in [1.29, 1.82) is 0 Å². The van der Waals surface area contributed by atoms with Gasteiger partial charge in [0.2, 0.25) is 0 Å². The normalized spacial score (nSPS) is 19.4. The van der Waals surface area contributed by atoms with Gasteiger partial charge in [0.1, 0.15) is 5.67 Å². The molecule has 1 N–H and O–H groups in total. The maximum atomic E-state index is 15.4. The highest BCUT2D eigenvalue weighted by Gasteiger charge is 2.43. The van der Waals surface area contributed by atoms with Gasteiger partial charge in [-0.3, -0.25) is 19.2 Å². The number of carbonyl (C=O) groups is 2. The monoisotopic (exact) mass is 596 g/mol. The number of carbonyl (C=O) groups excluding carboxylic acids is 2. The van der Waals surface area contributed by atoms with Crippen molar-refractivity contribution in [2.24, 2.45) is 0 Å². The summed E-state index contributed by atoms with van der Waals surface area (Å²) < 4.78 is 57.4. The zero-order valence-electron chi connectivity index (χ0n) is 21.1. The largest absolute Gasteiger partial charge is 0.416 e. The number of nitrogens with zero attached hydrogens (tertiary/aromatic N) is 4. The number of hydrogen-bond acceptors (Lipinski definition) is 6. The first-order valence-electron chi connectivity index (χ1n) is 12.5. The average molecular weight is 597 g/mol. The van der Waals surface area contributed by atoms with E-state index in [1.807, 2.05) is 4.90 Å². The van der Waals surface area contributed by atoms with Crippen molar-refractivity contribution in [3.8, 4) is 0 Å². The van der Waals surface area contributed by atoms with Crippen molar-refractivity contribution in [2.75, 3.05) is 32.8 Å². The molecule has 2 amide bonds. The Hall–Kier alpha value is -2.93. The van der Waals surface area contributed by atoms with Gasteiger partial charge in [-0.25, -0.2) is 4.39 Å². The summed E-state index contributed by atoms with van der Waals surface area (Å²) >= 11 is 6.52. The van der Waals surface area contributed by atoms with Crippen LogP contribution in [0.5, 0.6) is 0 Å². The molecule has 0 spiro atoms. The first-order chi connectivity index (χ1) is 19.0. The molecule has 2 aliphatic heterocycles. The number of aliphatic hydroxyl groups is 1. The lowest BCUT2D eigenvalue weighted by molar-refractivity contribution is -0.138. The van der Waals surface area contributed by atoms with Gasteiger partial charge in [0, 0.05) is 30.0 Å². The van der Waals surface area contributed by atoms with Crippen LogP contribution in [0.4, 0.5) is 22.4 Å². The van der Waals surface area contributed by atoms with Gasteiger partial charge in [-0.05, 0) is 66.1 Å². The fraction of sp³-hybridized carbons (Fsp3) is 0.370. The predicted octanol–water partition coefficient (Wildman–Crippen LogP) is 5.59. The second-order valence-corrected chi connectivity index (χ2v) is 11.3. The molecule has 13 heteroatoms. The summed E-state index contributed by atoms with van der Waals surface area (Å²) in [6, 6.07) is 8.68. The molecule has 0 atom stereocenters. The standard InChI is InChI=1S/C27H25ClF4N4O3S/c28-20-3-2-18(21(13-20)27(30,31)32)15-36-22-4-1-17(11-19(22)14-33-36)12-23-24(38)35(25(39)40-23)16-26(29)5-7-34(8-6-26)9-10-37/h1-4,11-14,37H,5-10,15-16H2/b23-12-. The molecule has 0 saturated carbocycles. The molecule has 7 nitrogen and oxygen atoms in total. The number of aromatic nitrogens is 2. The lowest BCUT2D eigenvalue weighted by Gasteiger charge is -2.37. The summed E-state index contributed by atoms with van der Waals surface area (Å²) in [6.07, 6.45) is -1.20. The second-order valence-electron chi connectivity index (χ2n) is 9.90. The molecule has 40 heavy (non-hydrogen) atoms. The maximum absolute atomic E-state index is 15.4. The van der Waals surface area contributed by atoms with E-state index in [1.54, 1.807) is 18.2 Å². The summed E-state index contributed by atoms with van der Waals surface area (Å²) in [4.78, 5) is 28.6. The quantitative estimate of drug-likeness (QED) is 0.283.